The molecule has 1 unspecified atom stereocenters. The van der Waals surface area contributed by atoms with E-state index >= 15 is 0 Å². The molecule has 0 bridgehead atoms. The molecule has 0 aromatic heterocycles. The monoisotopic (exact) mass is 331 g/mol. The van der Waals surface area contributed by atoms with Crippen LogP contribution in [0.2, 0.25) is 0 Å². The first-order valence-corrected chi connectivity index (χ1v) is 10.1. The lowest BCUT2D eigenvalue weighted by molar-refractivity contribution is -0.126. The second-order valence-electron chi connectivity index (χ2n) is 6.79. The summed E-state index contributed by atoms with van der Waals surface area (Å²) in [5, 5.41) is 3.01. The molecule has 0 aliphatic carbocycles. The second-order valence-corrected chi connectivity index (χ2v) is 8.77. The van der Waals surface area contributed by atoms with Crippen molar-refractivity contribution in [2.24, 2.45) is 11.8 Å². The molecule has 2 fully saturated rings. The van der Waals surface area contributed by atoms with Gasteiger partial charge in [-0.25, -0.2) is 12.7 Å². The molecular formula is C15H29N3O3S. The number of carbonyl (C=O) groups excluding carboxylic acids is 1. The average molecular weight is 331 g/mol. The number of likely N-dealkylation sites (tertiary alicyclic amines) is 1. The van der Waals surface area contributed by atoms with Gasteiger partial charge in [0, 0.05) is 19.6 Å². The summed E-state index contributed by atoms with van der Waals surface area (Å²) in [6.45, 7) is 3.87. The molecule has 0 aromatic carbocycles. The highest BCUT2D eigenvalue weighted by molar-refractivity contribution is 7.88. The molecule has 1 N–H and O–H groups in total. The fraction of sp³-hybridized carbons (Fsp3) is 0.933. The van der Waals surface area contributed by atoms with E-state index in [0.717, 1.165) is 32.4 Å². The first-order chi connectivity index (χ1) is 10.4. The Balaban J connectivity index is 1.70. The summed E-state index contributed by atoms with van der Waals surface area (Å²) >= 11 is 0. The van der Waals surface area contributed by atoms with Crippen molar-refractivity contribution < 1.29 is 13.2 Å². The summed E-state index contributed by atoms with van der Waals surface area (Å²) < 4.78 is 24.6. The molecule has 6 nitrogen and oxygen atoms in total. The quantitative estimate of drug-likeness (QED) is 0.797. The van der Waals surface area contributed by atoms with Crippen LogP contribution in [0.15, 0.2) is 0 Å². The largest absolute Gasteiger partial charge is 0.356 e. The van der Waals surface area contributed by atoms with Crippen LogP contribution in [-0.2, 0) is 14.8 Å². The van der Waals surface area contributed by atoms with Crippen molar-refractivity contribution in [3.8, 4) is 0 Å². The summed E-state index contributed by atoms with van der Waals surface area (Å²) in [7, 11) is -1.04. The molecule has 1 atom stereocenters. The highest BCUT2D eigenvalue weighted by Gasteiger charge is 2.30. The molecule has 7 heteroatoms. The molecule has 0 spiro atoms. The van der Waals surface area contributed by atoms with E-state index in [4.69, 9.17) is 0 Å². The van der Waals surface area contributed by atoms with Crippen LogP contribution in [0, 0.1) is 11.8 Å². The highest BCUT2D eigenvalue weighted by Crippen LogP contribution is 2.20. The zero-order valence-corrected chi connectivity index (χ0v) is 14.6. The first kappa shape index (κ1) is 17.7. The van der Waals surface area contributed by atoms with Gasteiger partial charge in [-0.2, -0.15) is 0 Å². The second kappa shape index (κ2) is 7.75. The zero-order valence-electron chi connectivity index (χ0n) is 13.8. The van der Waals surface area contributed by atoms with Gasteiger partial charge in [-0.15, -0.1) is 0 Å². The molecule has 2 rings (SSSR count). The van der Waals surface area contributed by atoms with E-state index in [-0.39, 0.29) is 11.8 Å². The van der Waals surface area contributed by atoms with Crippen molar-refractivity contribution in [3.63, 3.8) is 0 Å². The smallest absolute Gasteiger partial charge is 0.224 e. The van der Waals surface area contributed by atoms with Crippen LogP contribution in [0.5, 0.6) is 0 Å². The average Bonchev–Trinajstić information content (AvgIpc) is 2.48. The number of nitrogens with zero attached hydrogens (tertiary/aromatic N) is 2. The van der Waals surface area contributed by atoms with Gasteiger partial charge >= 0.3 is 0 Å². The van der Waals surface area contributed by atoms with Gasteiger partial charge in [0.15, 0.2) is 0 Å². The van der Waals surface area contributed by atoms with Gasteiger partial charge in [0.25, 0.3) is 0 Å². The number of hydrogen-bond donors (Lipinski definition) is 1. The number of nitrogens with one attached hydrogen (secondary N) is 1. The lowest BCUT2D eigenvalue weighted by Crippen LogP contribution is -2.45. The number of hydrogen-bond acceptors (Lipinski definition) is 4. The predicted molar refractivity (Wildman–Crippen MR) is 87.0 cm³/mol. The maximum absolute atomic E-state index is 12.2. The third-order valence-corrected chi connectivity index (χ3v) is 6.18. The number of amides is 1. The third kappa shape index (κ3) is 5.21. The summed E-state index contributed by atoms with van der Waals surface area (Å²) in [5.74, 6) is 0.526. The van der Waals surface area contributed by atoms with Gasteiger partial charge in [-0.1, -0.05) is 0 Å². The van der Waals surface area contributed by atoms with Crippen LogP contribution in [0.4, 0.5) is 0 Å². The standard InChI is InChI=1S/C15H29N3O3S/c1-17-10-6-13(7-11-17)5-8-16-15(19)14-4-3-9-18(12-14)22(2,20)21/h13-14H,3-12H2,1-2H3,(H,16,19). The van der Waals surface area contributed by atoms with Crippen LogP contribution in [-0.4, -0.2) is 69.6 Å². The Morgan fingerprint density at radius 2 is 1.86 bits per heavy atom. The Morgan fingerprint density at radius 1 is 1.18 bits per heavy atom. The van der Waals surface area contributed by atoms with Gasteiger partial charge in [0.2, 0.25) is 15.9 Å². The van der Waals surface area contributed by atoms with Gasteiger partial charge < -0.3 is 10.2 Å². The Morgan fingerprint density at radius 3 is 2.50 bits per heavy atom. The lowest BCUT2D eigenvalue weighted by atomic mass is 9.93. The van der Waals surface area contributed by atoms with E-state index in [2.05, 4.69) is 17.3 Å². The van der Waals surface area contributed by atoms with E-state index in [1.807, 2.05) is 0 Å². The Bertz CT molecular complexity index is 472. The van der Waals surface area contributed by atoms with Crippen molar-refractivity contribution in [1.29, 1.82) is 0 Å². The molecule has 2 heterocycles. The summed E-state index contributed by atoms with van der Waals surface area (Å²) in [6, 6.07) is 0. The molecule has 0 saturated carbocycles. The zero-order chi connectivity index (χ0) is 16.2. The molecule has 2 aliphatic heterocycles. The first-order valence-electron chi connectivity index (χ1n) is 8.27. The summed E-state index contributed by atoms with van der Waals surface area (Å²) in [6.07, 6.45) is 6.21. The van der Waals surface area contributed by atoms with E-state index < -0.39 is 10.0 Å². The molecule has 2 aliphatic rings. The Kier molecular flexibility index (Phi) is 6.23. The van der Waals surface area contributed by atoms with E-state index in [0.29, 0.717) is 25.6 Å². The predicted octanol–water partition coefficient (Wildman–Crippen LogP) is 0.506. The molecule has 2 saturated heterocycles. The third-order valence-electron chi connectivity index (χ3n) is 4.91. The Hall–Kier alpha value is -0.660. The lowest BCUT2D eigenvalue weighted by Gasteiger charge is -2.31. The van der Waals surface area contributed by atoms with Crippen molar-refractivity contribution >= 4 is 15.9 Å². The van der Waals surface area contributed by atoms with Gasteiger partial charge in [-0.3, -0.25) is 4.79 Å². The van der Waals surface area contributed by atoms with Gasteiger partial charge in [0.05, 0.1) is 12.2 Å². The molecule has 1 amide bonds. The molecule has 0 aromatic rings. The number of piperidine rings is 2. The van der Waals surface area contributed by atoms with Crippen LogP contribution < -0.4 is 5.32 Å². The van der Waals surface area contributed by atoms with Crippen LogP contribution in [0.3, 0.4) is 0 Å². The van der Waals surface area contributed by atoms with Crippen LogP contribution in [0.25, 0.3) is 0 Å². The molecular weight excluding hydrogens is 302 g/mol. The van der Waals surface area contributed by atoms with Crippen molar-refractivity contribution in [2.75, 3.05) is 46.0 Å². The van der Waals surface area contributed by atoms with Crippen LogP contribution >= 0.6 is 0 Å². The van der Waals surface area contributed by atoms with Crippen molar-refractivity contribution in [1.82, 2.24) is 14.5 Å². The summed E-state index contributed by atoms with van der Waals surface area (Å²) in [5.41, 5.74) is 0. The highest BCUT2D eigenvalue weighted by atomic mass is 32.2. The fourth-order valence-corrected chi connectivity index (χ4v) is 4.26. The molecule has 128 valence electrons. The maximum Gasteiger partial charge on any atom is 0.224 e. The van der Waals surface area contributed by atoms with E-state index in [9.17, 15) is 13.2 Å². The number of rotatable bonds is 5. The molecule has 22 heavy (non-hydrogen) atoms. The summed E-state index contributed by atoms with van der Waals surface area (Å²) in [4.78, 5) is 14.6. The van der Waals surface area contributed by atoms with Crippen LogP contribution in [0.1, 0.15) is 32.1 Å². The molecule has 0 radical (unpaired) electrons. The van der Waals surface area contributed by atoms with Gasteiger partial charge in [-0.05, 0) is 58.2 Å². The Labute approximate surface area is 134 Å². The minimum Gasteiger partial charge on any atom is -0.356 e. The topological polar surface area (TPSA) is 69.7 Å². The number of sulfonamides is 1. The minimum atomic E-state index is -3.19. The number of carbonyl (C=O) groups is 1. The van der Waals surface area contributed by atoms with Gasteiger partial charge in [0.1, 0.15) is 0 Å². The normalized spacial score (nSPS) is 26.0. The fourth-order valence-electron chi connectivity index (χ4n) is 3.35. The minimum absolute atomic E-state index is 0.0151. The SMILES string of the molecule is CN1CCC(CCNC(=O)C2CCCN(S(C)(=O)=O)C2)CC1. The maximum atomic E-state index is 12.2. The van der Waals surface area contributed by atoms with Crippen molar-refractivity contribution in [3.05, 3.63) is 0 Å². The van der Waals surface area contributed by atoms with E-state index in [1.165, 1.54) is 23.4 Å². The van der Waals surface area contributed by atoms with Crippen molar-refractivity contribution in [2.45, 2.75) is 32.1 Å². The van der Waals surface area contributed by atoms with E-state index in [1.54, 1.807) is 0 Å².